The first-order chi connectivity index (χ1) is 10.1. The highest BCUT2D eigenvalue weighted by Gasteiger charge is 2.47. The fourth-order valence-electron chi connectivity index (χ4n) is 3.82. The molecule has 0 unspecified atom stereocenters. The van der Waals surface area contributed by atoms with Crippen molar-refractivity contribution in [3.63, 3.8) is 0 Å². The smallest absolute Gasteiger partial charge is 0.164 e. The van der Waals surface area contributed by atoms with Crippen molar-refractivity contribution < 1.29 is 9.53 Å². The van der Waals surface area contributed by atoms with Crippen LogP contribution in [0.25, 0.3) is 0 Å². The standard InChI is InChI=1S/C19H24O2/c1-14-8-9-16-12-17(10-11-19(16,2)18(14)20)21-13-15-6-4-3-5-7-15/h3-8,16-17H,9-13H2,1-2H3/t16-,17-,19-/m0/s1. The van der Waals surface area contributed by atoms with Gasteiger partial charge in [0.1, 0.15) is 0 Å². The van der Waals surface area contributed by atoms with Gasteiger partial charge in [-0.25, -0.2) is 0 Å². The highest BCUT2D eigenvalue weighted by atomic mass is 16.5. The maximum absolute atomic E-state index is 12.5. The van der Waals surface area contributed by atoms with Gasteiger partial charge >= 0.3 is 0 Å². The molecule has 0 aliphatic heterocycles. The van der Waals surface area contributed by atoms with Gasteiger partial charge in [-0.05, 0) is 49.7 Å². The summed E-state index contributed by atoms with van der Waals surface area (Å²) >= 11 is 0. The predicted octanol–water partition coefficient (Wildman–Crippen LogP) is 4.30. The monoisotopic (exact) mass is 284 g/mol. The lowest BCUT2D eigenvalue weighted by Crippen LogP contribution is -2.45. The van der Waals surface area contributed by atoms with Gasteiger partial charge in [-0.2, -0.15) is 0 Å². The Morgan fingerprint density at radius 2 is 2.05 bits per heavy atom. The lowest BCUT2D eigenvalue weighted by molar-refractivity contribution is -0.133. The molecule has 2 heteroatoms. The van der Waals surface area contributed by atoms with Crippen molar-refractivity contribution in [2.75, 3.05) is 0 Å². The highest BCUT2D eigenvalue weighted by Crippen LogP contribution is 2.48. The van der Waals surface area contributed by atoms with Crippen LogP contribution in [0, 0.1) is 11.3 Å². The van der Waals surface area contributed by atoms with Crippen molar-refractivity contribution in [3.05, 3.63) is 47.5 Å². The predicted molar refractivity (Wildman–Crippen MR) is 83.8 cm³/mol. The van der Waals surface area contributed by atoms with E-state index in [1.807, 2.05) is 25.1 Å². The van der Waals surface area contributed by atoms with E-state index in [-0.39, 0.29) is 5.41 Å². The number of Topliss-reactive ketones (excluding diaryl/α,β-unsaturated/α-hetero) is 1. The van der Waals surface area contributed by atoms with Gasteiger partial charge in [-0.1, -0.05) is 43.3 Å². The van der Waals surface area contributed by atoms with Crippen molar-refractivity contribution >= 4 is 5.78 Å². The summed E-state index contributed by atoms with van der Waals surface area (Å²) in [6.45, 7) is 4.80. The second kappa shape index (κ2) is 5.76. The molecule has 2 aliphatic carbocycles. The zero-order valence-corrected chi connectivity index (χ0v) is 13.0. The average Bonchev–Trinajstić information content (AvgIpc) is 2.51. The molecule has 2 nitrogen and oxygen atoms in total. The lowest BCUT2D eigenvalue weighted by Gasteiger charge is -2.45. The Bertz CT molecular complexity index is 546. The number of carbonyl (C=O) groups excluding carboxylic acids is 1. The molecule has 112 valence electrons. The van der Waals surface area contributed by atoms with Gasteiger partial charge in [0.05, 0.1) is 12.7 Å². The van der Waals surface area contributed by atoms with E-state index in [0.29, 0.717) is 24.4 Å². The summed E-state index contributed by atoms with van der Waals surface area (Å²) in [5, 5.41) is 0. The molecule has 0 heterocycles. The van der Waals surface area contributed by atoms with Gasteiger partial charge in [0.25, 0.3) is 0 Å². The Labute approximate surface area is 127 Å². The van der Waals surface area contributed by atoms with Gasteiger partial charge in [-0.15, -0.1) is 0 Å². The van der Waals surface area contributed by atoms with Gasteiger partial charge in [-0.3, -0.25) is 4.79 Å². The topological polar surface area (TPSA) is 26.3 Å². The largest absolute Gasteiger partial charge is 0.374 e. The molecule has 0 bridgehead atoms. The molecule has 1 aromatic carbocycles. The van der Waals surface area contributed by atoms with Crippen molar-refractivity contribution in [3.8, 4) is 0 Å². The molecule has 1 fully saturated rings. The number of ether oxygens (including phenoxy) is 1. The van der Waals surface area contributed by atoms with Gasteiger partial charge in [0, 0.05) is 5.41 Å². The van der Waals surface area contributed by atoms with E-state index in [2.05, 4.69) is 25.1 Å². The van der Waals surface area contributed by atoms with Crippen LogP contribution >= 0.6 is 0 Å². The molecule has 1 aromatic rings. The average molecular weight is 284 g/mol. The van der Waals surface area contributed by atoms with E-state index in [1.54, 1.807) is 0 Å². The number of allylic oxidation sites excluding steroid dienone is 2. The second-order valence-electron chi connectivity index (χ2n) is 6.76. The van der Waals surface area contributed by atoms with Crippen LogP contribution in [0.3, 0.4) is 0 Å². The van der Waals surface area contributed by atoms with Crippen LogP contribution in [0.2, 0.25) is 0 Å². The highest BCUT2D eigenvalue weighted by molar-refractivity contribution is 6.00. The normalized spacial score (nSPS) is 32.5. The first-order valence-electron chi connectivity index (χ1n) is 7.96. The van der Waals surface area contributed by atoms with Crippen molar-refractivity contribution in [1.29, 1.82) is 0 Å². The quantitative estimate of drug-likeness (QED) is 0.827. The van der Waals surface area contributed by atoms with Gasteiger partial charge in [0.2, 0.25) is 0 Å². The fraction of sp³-hybridized carbons (Fsp3) is 0.526. The van der Waals surface area contributed by atoms with Crippen LogP contribution in [0.5, 0.6) is 0 Å². The SMILES string of the molecule is CC1=CC[C@H]2C[C@@H](OCc3ccccc3)CC[C@]2(C)C1=O. The van der Waals surface area contributed by atoms with E-state index in [1.165, 1.54) is 5.56 Å². The van der Waals surface area contributed by atoms with Crippen LogP contribution in [0.15, 0.2) is 42.0 Å². The number of benzene rings is 1. The molecule has 0 amide bonds. The van der Waals surface area contributed by atoms with Crippen LogP contribution in [0.1, 0.15) is 45.1 Å². The van der Waals surface area contributed by atoms with Crippen LogP contribution < -0.4 is 0 Å². The molecule has 0 aromatic heterocycles. The Morgan fingerprint density at radius 3 is 2.81 bits per heavy atom. The third kappa shape index (κ3) is 2.82. The molecule has 0 saturated heterocycles. The van der Waals surface area contributed by atoms with Crippen molar-refractivity contribution in [2.45, 2.75) is 52.2 Å². The molecule has 2 aliphatic rings. The molecule has 3 atom stereocenters. The number of hydrogen-bond donors (Lipinski definition) is 0. The molecule has 1 saturated carbocycles. The molecule has 0 N–H and O–H groups in total. The summed E-state index contributed by atoms with van der Waals surface area (Å²) in [5.41, 5.74) is 2.03. The van der Waals surface area contributed by atoms with E-state index in [0.717, 1.165) is 31.3 Å². The zero-order valence-electron chi connectivity index (χ0n) is 13.0. The third-order valence-corrected chi connectivity index (χ3v) is 5.35. The van der Waals surface area contributed by atoms with E-state index < -0.39 is 0 Å². The minimum absolute atomic E-state index is 0.147. The molecule has 21 heavy (non-hydrogen) atoms. The minimum atomic E-state index is -0.147. The Kier molecular flexibility index (Phi) is 3.99. The molecule has 3 rings (SSSR count). The number of hydrogen-bond acceptors (Lipinski definition) is 2. The van der Waals surface area contributed by atoms with Gasteiger partial charge in [0.15, 0.2) is 5.78 Å². The summed E-state index contributed by atoms with van der Waals surface area (Å²) in [6.07, 6.45) is 6.41. The zero-order chi connectivity index (χ0) is 14.9. The molecule has 0 radical (unpaired) electrons. The molecular weight excluding hydrogens is 260 g/mol. The molecular formula is C19H24O2. The van der Waals surface area contributed by atoms with Crippen LogP contribution in [0.4, 0.5) is 0 Å². The number of rotatable bonds is 3. The maximum Gasteiger partial charge on any atom is 0.164 e. The summed E-state index contributed by atoms with van der Waals surface area (Å²) in [4.78, 5) is 12.5. The van der Waals surface area contributed by atoms with Crippen molar-refractivity contribution in [1.82, 2.24) is 0 Å². The van der Waals surface area contributed by atoms with Crippen molar-refractivity contribution in [2.24, 2.45) is 11.3 Å². The Hall–Kier alpha value is -1.41. The van der Waals surface area contributed by atoms with Gasteiger partial charge < -0.3 is 4.74 Å². The Balaban J connectivity index is 1.62. The summed E-state index contributed by atoms with van der Waals surface area (Å²) in [5.74, 6) is 0.809. The fourth-order valence-corrected chi connectivity index (χ4v) is 3.82. The first kappa shape index (κ1) is 14.5. The van der Waals surface area contributed by atoms with Crippen LogP contribution in [-0.4, -0.2) is 11.9 Å². The number of ketones is 1. The number of carbonyl (C=O) groups is 1. The minimum Gasteiger partial charge on any atom is -0.374 e. The third-order valence-electron chi connectivity index (χ3n) is 5.35. The molecule has 0 spiro atoms. The van der Waals surface area contributed by atoms with E-state index in [4.69, 9.17) is 4.74 Å². The Morgan fingerprint density at radius 1 is 1.29 bits per heavy atom. The number of fused-ring (bicyclic) bond motifs is 1. The first-order valence-corrected chi connectivity index (χ1v) is 7.96. The van der Waals surface area contributed by atoms with Crippen LogP contribution in [-0.2, 0) is 16.1 Å². The summed E-state index contributed by atoms with van der Waals surface area (Å²) < 4.78 is 6.09. The summed E-state index contributed by atoms with van der Waals surface area (Å²) in [7, 11) is 0. The lowest BCUT2D eigenvalue weighted by atomic mass is 9.60. The van der Waals surface area contributed by atoms with E-state index in [9.17, 15) is 4.79 Å². The maximum atomic E-state index is 12.5. The summed E-state index contributed by atoms with van der Waals surface area (Å²) in [6, 6.07) is 10.3. The van der Waals surface area contributed by atoms with E-state index >= 15 is 0 Å². The second-order valence-corrected chi connectivity index (χ2v) is 6.76.